The van der Waals surface area contributed by atoms with E-state index in [4.69, 9.17) is 4.42 Å². The third kappa shape index (κ3) is 2.12. The lowest BCUT2D eigenvalue weighted by Gasteiger charge is -2.07. The number of para-hydroxylation sites is 3. The maximum absolute atomic E-state index is 6.42. The fourth-order valence-corrected chi connectivity index (χ4v) is 5.89. The van der Waals surface area contributed by atoms with Crippen LogP contribution in [0.15, 0.2) is 108 Å². The molecule has 0 unspecified atom stereocenters. The summed E-state index contributed by atoms with van der Waals surface area (Å²) >= 11 is 0. The van der Waals surface area contributed by atoms with Crippen LogP contribution in [0.5, 0.6) is 0 Å². The van der Waals surface area contributed by atoms with E-state index >= 15 is 0 Å². The third-order valence-corrected chi connectivity index (χ3v) is 7.32. The smallest absolute Gasteiger partial charge is 0.159 e. The first-order valence-electron chi connectivity index (χ1n) is 11.6. The van der Waals surface area contributed by atoms with Crippen molar-refractivity contribution in [2.45, 2.75) is 0 Å². The molecule has 3 heterocycles. The Morgan fingerprint density at radius 2 is 1.21 bits per heavy atom. The molecule has 8 aromatic rings. The Morgan fingerprint density at radius 1 is 0.529 bits per heavy atom. The van der Waals surface area contributed by atoms with Crippen molar-refractivity contribution in [2.75, 3.05) is 0 Å². The first-order chi connectivity index (χ1) is 16.8. The summed E-state index contributed by atoms with van der Waals surface area (Å²) < 4.78 is 11.1. The molecule has 3 aromatic heterocycles. The quantitative estimate of drug-likeness (QED) is 0.254. The molecule has 0 amide bonds. The number of hydrogen-bond acceptors (Lipinski definition) is 1. The molecular weight excluding hydrogens is 416 g/mol. The van der Waals surface area contributed by atoms with Crippen LogP contribution < -0.4 is 0 Å². The van der Waals surface area contributed by atoms with E-state index in [9.17, 15) is 0 Å². The van der Waals surface area contributed by atoms with Crippen LogP contribution in [0.1, 0.15) is 0 Å². The Balaban J connectivity index is 1.63. The SMILES string of the molecule is Cn1c2ccc3c(c4ccccc4n3-c3ccccc3)c2c2ccc3c4ccccc4oc3c21. The molecule has 0 saturated carbocycles. The fraction of sp³-hybridized carbons (Fsp3) is 0.0323. The van der Waals surface area contributed by atoms with Crippen molar-refractivity contribution in [3.05, 3.63) is 103 Å². The molecular formula is C31H20N2O. The van der Waals surface area contributed by atoms with E-state index in [1.807, 2.05) is 6.07 Å². The van der Waals surface area contributed by atoms with Gasteiger partial charge in [0.25, 0.3) is 0 Å². The van der Waals surface area contributed by atoms with Gasteiger partial charge in [-0.1, -0.05) is 60.7 Å². The molecule has 0 bridgehead atoms. The van der Waals surface area contributed by atoms with Crippen molar-refractivity contribution in [3.63, 3.8) is 0 Å². The van der Waals surface area contributed by atoms with Crippen LogP contribution in [0, 0.1) is 0 Å². The first-order valence-corrected chi connectivity index (χ1v) is 11.6. The van der Waals surface area contributed by atoms with Crippen molar-refractivity contribution < 1.29 is 4.42 Å². The summed E-state index contributed by atoms with van der Waals surface area (Å²) in [6, 6.07) is 36.7. The zero-order chi connectivity index (χ0) is 22.4. The molecule has 8 rings (SSSR count). The van der Waals surface area contributed by atoms with Gasteiger partial charge < -0.3 is 13.6 Å². The lowest BCUT2D eigenvalue weighted by atomic mass is 10.0. The average molecular weight is 437 g/mol. The molecule has 0 N–H and O–H groups in total. The van der Waals surface area contributed by atoms with Gasteiger partial charge in [-0.15, -0.1) is 0 Å². The lowest BCUT2D eigenvalue weighted by molar-refractivity contribution is 0.670. The van der Waals surface area contributed by atoms with Gasteiger partial charge in [-0.25, -0.2) is 0 Å². The van der Waals surface area contributed by atoms with E-state index in [-0.39, 0.29) is 0 Å². The lowest BCUT2D eigenvalue weighted by Crippen LogP contribution is -1.93. The minimum Gasteiger partial charge on any atom is -0.454 e. The number of benzene rings is 5. The monoisotopic (exact) mass is 436 g/mol. The zero-order valence-electron chi connectivity index (χ0n) is 18.6. The van der Waals surface area contributed by atoms with Crippen molar-refractivity contribution in [1.29, 1.82) is 0 Å². The van der Waals surface area contributed by atoms with E-state index in [1.165, 1.54) is 43.8 Å². The second-order valence-electron chi connectivity index (χ2n) is 9.04. The van der Waals surface area contributed by atoms with Gasteiger partial charge in [0.2, 0.25) is 0 Å². The first kappa shape index (κ1) is 18.0. The van der Waals surface area contributed by atoms with Crippen molar-refractivity contribution in [2.24, 2.45) is 7.05 Å². The summed E-state index contributed by atoms with van der Waals surface area (Å²) in [5.41, 5.74) is 7.86. The molecule has 160 valence electrons. The molecule has 0 aliphatic heterocycles. The number of fused-ring (bicyclic) bond motifs is 11. The highest BCUT2D eigenvalue weighted by Crippen LogP contribution is 2.43. The highest BCUT2D eigenvalue weighted by Gasteiger charge is 2.21. The van der Waals surface area contributed by atoms with Crippen LogP contribution in [-0.4, -0.2) is 9.13 Å². The molecule has 3 heteroatoms. The molecule has 0 fully saturated rings. The Kier molecular flexibility index (Phi) is 3.33. The van der Waals surface area contributed by atoms with Crippen molar-refractivity contribution in [3.8, 4) is 5.69 Å². The number of rotatable bonds is 1. The third-order valence-electron chi connectivity index (χ3n) is 7.32. The minimum atomic E-state index is 0.932. The van der Waals surface area contributed by atoms with Gasteiger partial charge in [-0.2, -0.15) is 0 Å². The summed E-state index contributed by atoms with van der Waals surface area (Å²) in [4.78, 5) is 0. The van der Waals surface area contributed by atoms with E-state index in [2.05, 4.69) is 113 Å². The minimum absolute atomic E-state index is 0.932. The Labute approximate surface area is 195 Å². The van der Waals surface area contributed by atoms with Crippen LogP contribution in [0.3, 0.4) is 0 Å². The van der Waals surface area contributed by atoms with Crippen LogP contribution >= 0.6 is 0 Å². The predicted octanol–water partition coefficient (Wildman–Crippen LogP) is 8.33. The summed E-state index contributed by atoms with van der Waals surface area (Å²) in [6.45, 7) is 0. The Bertz CT molecular complexity index is 2070. The molecule has 0 radical (unpaired) electrons. The number of hydrogen-bond donors (Lipinski definition) is 0. The topological polar surface area (TPSA) is 23.0 Å². The van der Waals surface area contributed by atoms with E-state index in [0.717, 1.165) is 27.5 Å². The van der Waals surface area contributed by atoms with Crippen LogP contribution in [0.25, 0.3) is 71.2 Å². The van der Waals surface area contributed by atoms with E-state index < -0.39 is 0 Å². The Morgan fingerprint density at radius 3 is 2.09 bits per heavy atom. The molecule has 0 aliphatic rings. The van der Waals surface area contributed by atoms with Gasteiger partial charge in [0.15, 0.2) is 5.58 Å². The van der Waals surface area contributed by atoms with Gasteiger partial charge in [-0.05, 0) is 42.5 Å². The van der Waals surface area contributed by atoms with Crippen LogP contribution in [-0.2, 0) is 7.05 Å². The number of aryl methyl sites for hydroxylation is 1. The largest absolute Gasteiger partial charge is 0.454 e. The summed E-state index contributed by atoms with van der Waals surface area (Å²) in [6.07, 6.45) is 0. The van der Waals surface area contributed by atoms with Gasteiger partial charge in [0.1, 0.15) is 5.58 Å². The van der Waals surface area contributed by atoms with Crippen molar-refractivity contribution in [1.82, 2.24) is 9.13 Å². The predicted molar refractivity (Wildman–Crippen MR) is 142 cm³/mol. The standard InChI is InChI=1S/C31H20N2O/c1-32-25-17-18-26-28(22-12-5-7-13-24(22)33(26)19-9-3-2-4-10-19)29(25)23-16-15-21-20-11-6-8-14-27(20)34-31(21)30(23)32/h2-18H,1H3. The normalized spacial score (nSPS) is 12.3. The number of nitrogens with zero attached hydrogens (tertiary/aromatic N) is 2. The van der Waals surface area contributed by atoms with Crippen molar-refractivity contribution >= 4 is 65.6 Å². The maximum Gasteiger partial charge on any atom is 0.159 e. The average Bonchev–Trinajstić information content (AvgIpc) is 3.52. The van der Waals surface area contributed by atoms with Crippen LogP contribution in [0.2, 0.25) is 0 Å². The molecule has 0 aliphatic carbocycles. The zero-order valence-corrected chi connectivity index (χ0v) is 18.6. The highest BCUT2D eigenvalue weighted by molar-refractivity contribution is 6.31. The van der Waals surface area contributed by atoms with Gasteiger partial charge in [-0.3, -0.25) is 0 Å². The fourth-order valence-electron chi connectivity index (χ4n) is 5.89. The Hall–Kier alpha value is -4.50. The van der Waals surface area contributed by atoms with E-state index in [1.54, 1.807) is 0 Å². The number of aromatic nitrogens is 2. The van der Waals surface area contributed by atoms with Gasteiger partial charge in [0, 0.05) is 50.6 Å². The summed E-state index contributed by atoms with van der Waals surface area (Å²) in [5, 5.41) is 7.39. The van der Waals surface area contributed by atoms with Gasteiger partial charge in [0.05, 0.1) is 16.6 Å². The molecule has 0 atom stereocenters. The molecule has 0 saturated heterocycles. The summed E-state index contributed by atoms with van der Waals surface area (Å²) in [5.74, 6) is 0. The summed E-state index contributed by atoms with van der Waals surface area (Å²) in [7, 11) is 2.15. The second-order valence-corrected chi connectivity index (χ2v) is 9.04. The highest BCUT2D eigenvalue weighted by atomic mass is 16.3. The second kappa shape index (κ2) is 6.30. The molecule has 0 spiro atoms. The van der Waals surface area contributed by atoms with E-state index in [0.29, 0.717) is 0 Å². The maximum atomic E-state index is 6.42. The molecule has 5 aromatic carbocycles. The van der Waals surface area contributed by atoms with Crippen LogP contribution in [0.4, 0.5) is 0 Å². The molecule has 34 heavy (non-hydrogen) atoms. The molecule has 3 nitrogen and oxygen atoms in total. The van der Waals surface area contributed by atoms with Gasteiger partial charge >= 0.3 is 0 Å². The number of furan rings is 1.